The first-order chi connectivity index (χ1) is 31.0. The third-order valence-corrected chi connectivity index (χ3v) is 10.8. The predicted molar refractivity (Wildman–Crippen MR) is 226 cm³/mol. The van der Waals surface area contributed by atoms with Crippen LogP contribution in [0.25, 0.3) is 28.2 Å². The molecule has 1 atom stereocenters. The Balaban J connectivity index is 0.742. The van der Waals surface area contributed by atoms with E-state index in [4.69, 9.17) is 13.9 Å². The van der Waals surface area contributed by atoms with E-state index in [9.17, 15) is 32.8 Å². The second kappa shape index (κ2) is 19.5. The van der Waals surface area contributed by atoms with E-state index in [1.54, 1.807) is 25.4 Å². The van der Waals surface area contributed by atoms with E-state index in [0.29, 0.717) is 54.6 Å². The number of aromatic nitrogens is 7. The average molecular weight is 882 g/mol. The van der Waals surface area contributed by atoms with Crippen LogP contribution >= 0.6 is 0 Å². The number of alkyl halides is 2. The molecule has 2 aliphatic rings. The van der Waals surface area contributed by atoms with E-state index in [1.165, 1.54) is 46.5 Å². The molecule has 8 rings (SSSR count). The number of aryl methyl sites for hydroxylation is 2. The molecule has 1 saturated heterocycles. The summed E-state index contributed by atoms with van der Waals surface area (Å²) in [6.07, 6.45) is 6.48. The molecule has 0 radical (unpaired) electrons. The van der Waals surface area contributed by atoms with Crippen molar-refractivity contribution in [2.45, 2.75) is 51.0 Å². The number of rotatable bonds is 20. The number of oxazole rings is 1. The summed E-state index contributed by atoms with van der Waals surface area (Å²) in [5, 5.41) is 14.7. The van der Waals surface area contributed by atoms with Crippen molar-refractivity contribution < 1.29 is 41.8 Å². The first kappa shape index (κ1) is 43.5. The van der Waals surface area contributed by atoms with Gasteiger partial charge < -0.3 is 29.8 Å². The van der Waals surface area contributed by atoms with E-state index >= 15 is 0 Å². The number of piperidine rings is 1. The maximum atomic E-state index is 14.0. The molecule has 6 aromatic rings. The molecule has 19 nitrogen and oxygen atoms in total. The Hall–Kier alpha value is -7.13. The van der Waals surface area contributed by atoms with Gasteiger partial charge in [-0.05, 0) is 80.0 Å². The Morgan fingerprint density at radius 3 is 2.55 bits per heavy atom. The Morgan fingerprint density at radius 1 is 0.953 bits per heavy atom. The van der Waals surface area contributed by atoms with Crippen molar-refractivity contribution in [3.05, 3.63) is 100 Å². The molecule has 1 unspecified atom stereocenters. The molecule has 0 spiro atoms. The zero-order chi connectivity index (χ0) is 44.7. The molecule has 1 aromatic carbocycles. The lowest BCUT2D eigenvalue weighted by molar-refractivity contribution is -0.135. The Bertz CT molecular complexity index is 2720. The van der Waals surface area contributed by atoms with Gasteiger partial charge in [0.2, 0.25) is 17.7 Å². The number of imide groups is 1. The number of anilines is 2. The van der Waals surface area contributed by atoms with Gasteiger partial charge in [0.25, 0.3) is 18.2 Å². The fourth-order valence-electron chi connectivity index (χ4n) is 7.18. The molecule has 4 amide bonds. The van der Waals surface area contributed by atoms with E-state index < -0.39 is 35.9 Å². The van der Waals surface area contributed by atoms with Crippen LogP contribution in [0.5, 0.6) is 0 Å². The Morgan fingerprint density at radius 2 is 1.78 bits per heavy atom. The number of carbonyl (C=O) groups is 4. The topological polar surface area (TPSA) is 231 Å². The maximum absolute atomic E-state index is 14.0. The highest BCUT2D eigenvalue weighted by Gasteiger charge is 2.31. The van der Waals surface area contributed by atoms with Crippen LogP contribution in [0.3, 0.4) is 0 Å². The standard InChI is InChI=1S/C43H45F2N11O8/c1-54-34-19-25(6-9-32(34)56(43(54)61)33-10-11-36(57)52-41(33)60)3-2-15-62-17-18-63-16-14-47-39(58)29-8-7-28(22-48-29)55-23-30(37(53-55)38(44)45)50-40(59)31-24-64-42(51-31)27-12-13-46-35(20-27)49-21-26-4-5-26/h6-9,12-13,19-20,22-24,26,33,38H,2-5,10-11,14-18,21H2,1H3,(H,46,49)(H,47,58)(H,50,59)(H,52,57,60). The van der Waals surface area contributed by atoms with Gasteiger partial charge in [-0.2, -0.15) is 5.10 Å². The molecule has 21 heteroatoms. The number of fused-ring (bicyclic) bond motifs is 1. The van der Waals surface area contributed by atoms with Crippen LogP contribution in [0.15, 0.2) is 76.5 Å². The van der Waals surface area contributed by atoms with Crippen LogP contribution in [0.1, 0.15) is 76.8 Å². The SMILES string of the molecule is Cn1c(=O)n(C2CCC(=O)NC2=O)c2ccc(CCCOCCOCCNC(=O)c3ccc(-n4cc(NC(=O)c5coc(-c6ccnc(NCC7CC7)c6)n5)c(C(F)F)n4)cn3)cc21. The quantitative estimate of drug-likeness (QED) is 0.0618. The fraction of sp³-hybridized carbons (Fsp3) is 0.372. The number of nitrogens with one attached hydrogen (secondary N) is 4. The number of hydrogen-bond acceptors (Lipinski definition) is 13. The molecular weight excluding hydrogens is 837 g/mol. The van der Waals surface area contributed by atoms with Crippen molar-refractivity contribution >= 4 is 46.2 Å². The molecule has 0 bridgehead atoms. The van der Waals surface area contributed by atoms with E-state index in [1.807, 2.05) is 18.2 Å². The van der Waals surface area contributed by atoms with Crippen molar-refractivity contribution in [1.29, 1.82) is 0 Å². The summed E-state index contributed by atoms with van der Waals surface area (Å²) in [5.74, 6) is -0.607. The number of ether oxygens (including phenoxy) is 2. The number of hydrogen-bond donors (Lipinski definition) is 4. The summed E-state index contributed by atoms with van der Waals surface area (Å²) in [5.41, 5.74) is 1.93. The molecule has 1 aliphatic heterocycles. The smallest absolute Gasteiger partial charge is 0.329 e. The molecule has 4 N–H and O–H groups in total. The van der Waals surface area contributed by atoms with Gasteiger partial charge in [-0.25, -0.2) is 33.2 Å². The van der Waals surface area contributed by atoms with Crippen molar-refractivity contribution in [2.75, 3.05) is 50.2 Å². The van der Waals surface area contributed by atoms with Crippen molar-refractivity contribution in [2.24, 2.45) is 13.0 Å². The average Bonchev–Trinajstić information content (AvgIpc) is 3.71. The van der Waals surface area contributed by atoms with Crippen LogP contribution in [0.4, 0.5) is 20.3 Å². The third-order valence-electron chi connectivity index (χ3n) is 10.8. The van der Waals surface area contributed by atoms with Gasteiger partial charge in [-0.3, -0.25) is 33.6 Å². The van der Waals surface area contributed by atoms with E-state index in [0.717, 1.165) is 29.5 Å². The first-order valence-corrected chi connectivity index (χ1v) is 20.8. The summed E-state index contributed by atoms with van der Waals surface area (Å²) >= 11 is 0. The van der Waals surface area contributed by atoms with Gasteiger partial charge in [0.1, 0.15) is 23.8 Å². The highest BCUT2D eigenvalue weighted by molar-refractivity contribution is 6.03. The number of nitrogens with zero attached hydrogens (tertiary/aromatic N) is 7. The van der Waals surface area contributed by atoms with Gasteiger partial charge in [-0.15, -0.1) is 0 Å². The van der Waals surface area contributed by atoms with Crippen molar-refractivity contribution in [3.63, 3.8) is 0 Å². The summed E-state index contributed by atoms with van der Waals surface area (Å²) in [4.78, 5) is 75.5. The third kappa shape index (κ3) is 10.2. The number of benzene rings is 1. The lowest BCUT2D eigenvalue weighted by Crippen LogP contribution is -2.44. The molecule has 1 aliphatic carbocycles. The van der Waals surface area contributed by atoms with Crippen molar-refractivity contribution in [1.82, 2.24) is 44.5 Å². The Kier molecular flexibility index (Phi) is 13.3. The molecular formula is C43H45F2N11O8. The van der Waals surface area contributed by atoms with Gasteiger partial charge in [0.15, 0.2) is 11.4 Å². The molecule has 5 aromatic heterocycles. The zero-order valence-corrected chi connectivity index (χ0v) is 34.7. The number of pyridine rings is 2. The van der Waals surface area contributed by atoms with Gasteiger partial charge in [0.05, 0.1) is 54.6 Å². The largest absolute Gasteiger partial charge is 0.444 e. The molecule has 2 fully saturated rings. The zero-order valence-electron chi connectivity index (χ0n) is 34.7. The first-order valence-electron chi connectivity index (χ1n) is 20.8. The summed E-state index contributed by atoms with van der Waals surface area (Å²) in [7, 11) is 1.66. The minimum absolute atomic E-state index is 0.0805. The normalized spacial score (nSPS) is 15.2. The number of carbonyl (C=O) groups excluding carboxylic acids is 4. The van der Waals surface area contributed by atoms with E-state index in [-0.39, 0.29) is 66.2 Å². The maximum Gasteiger partial charge on any atom is 0.329 e. The number of imidazole rings is 1. The molecule has 6 heterocycles. The minimum Gasteiger partial charge on any atom is -0.444 e. The summed E-state index contributed by atoms with van der Waals surface area (Å²) < 4.78 is 48.9. The van der Waals surface area contributed by atoms with Crippen LogP contribution in [0, 0.1) is 5.92 Å². The van der Waals surface area contributed by atoms with E-state index in [2.05, 4.69) is 41.3 Å². The van der Waals surface area contributed by atoms with Crippen LogP contribution < -0.4 is 27.0 Å². The van der Waals surface area contributed by atoms with Gasteiger partial charge >= 0.3 is 5.69 Å². The summed E-state index contributed by atoms with van der Waals surface area (Å²) in [6.45, 7) is 2.37. The Labute approximate surface area is 363 Å². The second-order valence-corrected chi connectivity index (χ2v) is 15.4. The summed E-state index contributed by atoms with van der Waals surface area (Å²) in [6, 6.07) is 11.3. The molecule has 64 heavy (non-hydrogen) atoms. The van der Waals surface area contributed by atoms with Crippen LogP contribution in [-0.2, 0) is 32.5 Å². The predicted octanol–water partition coefficient (Wildman–Crippen LogP) is 4.36. The molecule has 1 saturated carbocycles. The monoisotopic (exact) mass is 881 g/mol. The van der Waals surface area contributed by atoms with Crippen molar-refractivity contribution in [3.8, 4) is 17.1 Å². The number of amides is 4. The van der Waals surface area contributed by atoms with Crippen LogP contribution in [-0.4, -0.2) is 97.0 Å². The highest BCUT2D eigenvalue weighted by Crippen LogP contribution is 2.30. The lowest BCUT2D eigenvalue weighted by Gasteiger charge is -2.21. The second-order valence-electron chi connectivity index (χ2n) is 15.4. The molecule has 334 valence electrons. The minimum atomic E-state index is -3.02. The highest BCUT2D eigenvalue weighted by atomic mass is 19.3. The van der Waals surface area contributed by atoms with Gasteiger partial charge in [-0.1, -0.05) is 6.07 Å². The fourth-order valence-corrected chi connectivity index (χ4v) is 7.18. The van der Waals surface area contributed by atoms with Crippen LogP contribution in [0.2, 0.25) is 0 Å². The lowest BCUT2D eigenvalue weighted by atomic mass is 10.1. The number of halogens is 2. The van der Waals surface area contributed by atoms with Gasteiger partial charge in [0, 0.05) is 44.9 Å².